The molecule has 0 amide bonds. The number of esters is 1. The third-order valence-electron chi connectivity index (χ3n) is 2.65. The molecule has 82 valence electrons. The summed E-state index contributed by atoms with van der Waals surface area (Å²) in [7, 11) is 0. The molecule has 3 heteroatoms. The van der Waals surface area contributed by atoms with Gasteiger partial charge in [0.15, 0.2) is 0 Å². The molecule has 15 heavy (non-hydrogen) atoms. The Hall–Kier alpha value is -1.38. The lowest BCUT2D eigenvalue weighted by Gasteiger charge is -2.27. The monoisotopic (exact) mass is 208 g/mol. The van der Waals surface area contributed by atoms with Crippen LogP contribution in [0.2, 0.25) is 0 Å². The van der Waals surface area contributed by atoms with Crippen molar-refractivity contribution in [1.29, 1.82) is 0 Å². The van der Waals surface area contributed by atoms with Crippen molar-refractivity contribution < 1.29 is 14.3 Å². The maximum absolute atomic E-state index is 10.9. The molecular formula is C12H16O3. The first-order chi connectivity index (χ1) is 7.04. The lowest BCUT2D eigenvalue weighted by Crippen LogP contribution is -2.26. The summed E-state index contributed by atoms with van der Waals surface area (Å²) in [5.41, 5.74) is 1.64. The van der Waals surface area contributed by atoms with Gasteiger partial charge < -0.3 is 4.74 Å². The fourth-order valence-corrected chi connectivity index (χ4v) is 1.74. The topological polar surface area (TPSA) is 43.4 Å². The van der Waals surface area contributed by atoms with Crippen LogP contribution in [0.25, 0.3) is 0 Å². The zero-order valence-electron chi connectivity index (χ0n) is 9.16. The van der Waals surface area contributed by atoms with E-state index in [-0.39, 0.29) is 5.97 Å². The Balaban J connectivity index is 2.77. The van der Waals surface area contributed by atoms with Gasteiger partial charge in [-0.1, -0.05) is 18.2 Å². The molecule has 0 aromatic rings. The van der Waals surface area contributed by atoms with Gasteiger partial charge in [0.25, 0.3) is 0 Å². The lowest BCUT2D eigenvalue weighted by molar-refractivity contribution is -0.145. The summed E-state index contributed by atoms with van der Waals surface area (Å²) in [5.74, 6) is -0.0480. The SMILES string of the molecule is C=C(C)C1CC=C(C=O)C(OC(C)=O)C1. The molecule has 0 aliphatic heterocycles. The zero-order valence-corrected chi connectivity index (χ0v) is 9.16. The summed E-state index contributed by atoms with van der Waals surface area (Å²) in [6.45, 7) is 7.19. The summed E-state index contributed by atoms with van der Waals surface area (Å²) in [6, 6.07) is 0. The Labute approximate surface area is 89.8 Å². The van der Waals surface area contributed by atoms with Crippen molar-refractivity contribution in [1.82, 2.24) is 0 Å². The maximum atomic E-state index is 10.9. The van der Waals surface area contributed by atoms with Gasteiger partial charge in [0.2, 0.25) is 0 Å². The van der Waals surface area contributed by atoms with Crippen LogP contribution in [-0.2, 0) is 14.3 Å². The smallest absolute Gasteiger partial charge is 0.303 e. The molecule has 0 bridgehead atoms. The van der Waals surface area contributed by atoms with Gasteiger partial charge in [-0.15, -0.1) is 0 Å². The third kappa shape index (κ3) is 3.05. The summed E-state index contributed by atoms with van der Waals surface area (Å²) >= 11 is 0. The van der Waals surface area contributed by atoms with E-state index in [1.165, 1.54) is 6.92 Å². The van der Waals surface area contributed by atoms with Crippen molar-refractivity contribution >= 4 is 12.3 Å². The predicted molar refractivity (Wildman–Crippen MR) is 57.2 cm³/mol. The number of allylic oxidation sites excluding steroid dienone is 2. The molecule has 0 saturated carbocycles. The molecule has 1 aliphatic rings. The van der Waals surface area contributed by atoms with Crippen LogP contribution >= 0.6 is 0 Å². The summed E-state index contributed by atoms with van der Waals surface area (Å²) in [5, 5.41) is 0. The van der Waals surface area contributed by atoms with E-state index < -0.39 is 6.10 Å². The highest BCUT2D eigenvalue weighted by atomic mass is 16.5. The van der Waals surface area contributed by atoms with Gasteiger partial charge in [0.05, 0.1) is 0 Å². The fourth-order valence-electron chi connectivity index (χ4n) is 1.74. The van der Waals surface area contributed by atoms with Gasteiger partial charge in [-0.25, -0.2) is 0 Å². The van der Waals surface area contributed by atoms with Crippen LogP contribution in [0.1, 0.15) is 26.7 Å². The molecule has 0 spiro atoms. The van der Waals surface area contributed by atoms with E-state index in [0.717, 1.165) is 18.3 Å². The Kier molecular flexibility index (Phi) is 3.83. The molecular weight excluding hydrogens is 192 g/mol. The molecule has 2 unspecified atom stereocenters. The van der Waals surface area contributed by atoms with E-state index in [1.54, 1.807) is 0 Å². The second kappa shape index (κ2) is 4.91. The van der Waals surface area contributed by atoms with Crippen LogP contribution in [0, 0.1) is 5.92 Å². The molecule has 0 fully saturated rings. The van der Waals surface area contributed by atoms with Crippen molar-refractivity contribution in [3.8, 4) is 0 Å². The lowest BCUT2D eigenvalue weighted by atomic mass is 9.84. The molecule has 0 heterocycles. The zero-order chi connectivity index (χ0) is 11.4. The summed E-state index contributed by atoms with van der Waals surface area (Å²) in [4.78, 5) is 21.6. The minimum Gasteiger partial charge on any atom is -0.458 e. The van der Waals surface area contributed by atoms with Crippen LogP contribution in [0.5, 0.6) is 0 Å². The molecule has 3 nitrogen and oxygen atoms in total. The molecule has 1 aliphatic carbocycles. The number of aldehydes is 1. The number of carbonyl (C=O) groups excluding carboxylic acids is 2. The summed E-state index contributed by atoms with van der Waals surface area (Å²) in [6.07, 6.45) is 3.68. The van der Waals surface area contributed by atoms with Gasteiger partial charge >= 0.3 is 5.97 Å². The minimum atomic E-state index is -0.393. The molecule has 0 saturated heterocycles. The van der Waals surface area contributed by atoms with E-state index in [9.17, 15) is 9.59 Å². The fraction of sp³-hybridized carbons (Fsp3) is 0.500. The van der Waals surface area contributed by atoms with E-state index >= 15 is 0 Å². The van der Waals surface area contributed by atoms with E-state index in [0.29, 0.717) is 17.9 Å². The number of hydrogen-bond donors (Lipinski definition) is 0. The maximum Gasteiger partial charge on any atom is 0.303 e. The Morgan fingerprint density at radius 3 is 2.73 bits per heavy atom. The van der Waals surface area contributed by atoms with E-state index in [4.69, 9.17) is 4.74 Å². The minimum absolute atomic E-state index is 0.304. The molecule has 1 rings (SSSR count). The molecule has 2 atom stereocenters. The first kappa shape index (κ1) is 11.7. The first-order valence-corrected chi connectivity index (χ1v) is 5.02. The van der Waals surface area contributed by atoms with Crippen LogP contribution in [0.4, 0.5) is 0 Å². The second-order valence-electron chi connectivity index (χ2n) is 3.93. The number of carbonyl (C=O) groups is 2. The highest BCUT2D eigenvalue weighted by Crippen LogP contribution is 2.29. The van der Waals surface area contributed by atoms with Crippen molar-refractivity contribution in [2.45, 2.75) is 32.8 Å². The Morgan fingerprint density at radius 1 is 1.60 bits per heavy atom. The highest BCUT2D eigenvalue weighted by Gasteiger charge is 2.26. The van der Waals surface area contributed by atoms with Gasteiger partial charge in [-0.05, 0) is 25.7 Å². The summed E-state index contributed by atoms with van der Waals surface area (Å²) < 4.78 is 5.10. The van der Waals surface area contributed by atoms with Crippen molar-refractivity contribution in [2.24, 2.45) is 5.92 Å². The van der Waals surface area contributed by atoms with Crippen LogP contribution in [0.3, 0.4) is 0 Å². The average molecular weight is 208 g/mol. The standard InChI is InChI=1S/C12H16O3/c1-8(2)10-4-5-11(7-13)12(6-10)15-9(3)14/h5,7,10,12H,1,4,6H2,2-3H3. The van der Waals surface area contributed by atoms with Gasteiger partial charge in [0.1, 0.15) is 12.4 Å². The van der Waals surface area contributed by atoms with Crippen molar-refractivity contribution in [3.63, 3.8) is 0 Å². The van der Waals surface area contributed by atoms with Crippen LogP contribution in [-0.4, -0.2) is 18.4 Å². The van der Waals surface area contributed by atoms with Gasteiger partial charge in [0, 0.05) is 12.5 Å². The normalized spacial score (nSPS) is 25.3. The van der Waals surface area contributed by atoms with Crippen LogP contribution < -0.4 is 0 Å². The van der Waals surface area contributed by atoms with Gasteiger partial charge in [-0.3, -0.25) is 9.59 Å². The largest absolute Gasteiger partial charge is 0.458 e. The average Bonchev–Trinajstić information content (AvgIpc) is 2.16. The Morgan fingerprint density at radius 2 is 2.27 bits per heavy atom. The first-order valence-electron chi connectivity index (χ1n) is 5.02. The van der Waals surface area contributed by atoms with Crippen molar-refractivity contribution in [2.75, 3.05) is 0 Å². The van der Waals surface area contributed by atoms with E-state index in [2.05, 4.69) is 6.58 Å². The molecule has 0 N–H and O–H groups in total. The molecule has 0 aromatic carbocycles. The second-order valence-corrected chi connectivity index (χ2v) is 3.93. The quantitative estimate of drug-likeness (QED) is 0.405. The molecule has 0 aromatic heterocycles. The number of ether oxygens (including phenoxy) is 1. The predicted octanol–water partition coefficient (Wildman–Crippen LogP) is 2.03. The van der Waals surface area contributed by atoms with Crippen molar-refractivity contribution in [3.05, 3.63) is 23.8 Å². The number of hydrogen-bond acceptors (Lipinski definition) is 3. The highest BCUT2D eigenvalue weighted by molar-refractivity contribution is 5.76. The van der Waals surface area contributed by atoms with E-state index in [1.807, 2.05) is 13.0 Å². The van der Waals surface area contributed by atoms with Gasteiger partial charge in [-0.2, -0.15) is 0 Å². The third-order valence-corrected chi connectivity index (χ3v) is 2.65. The van der Waals surface area contributed by atoms with Crippen LogP contribution in [0.15, 0.2) is 23.8 Å². The number of rotatable bonds is 3. The Bertz CT molecular complexity index is 315. The molecule has 0 radical (unpaired) electrons.